The van der Waals surface area contributed by atoms with Crippen molar-refractivity contribution in [2.75, 3.05) is 0 Å². The number of carbonyl (C=O) groups excluding carboxylic acids is 1. The highest BCUT2D eigenvalue weighted by molar-refractivity contribution is 5.90. The molecule has 0 radical (unpaired) electrons. The molecule has 2 saturated carbocycles. The first-order valence-corrected chi connectivity index (χ1v) is 8.27. The minimum Gasteiger partial charge on any atom is -0.504 e. The van der Waals surface area contributed by atoms with Crippen molar-refractivity contribution in [2.24, 2.45) is 11.8 Å². The molecule has 0 aromatic heterocycles. The second-order valence-corrected chi connectivity index (χ2v) is 7.58. The molecule has 1 heterocycles. The van der Waals surface area contributed by atoms with Crippen LogP contribution in [0.5, 0.6) is 11.5 Å². The van der Waals surface area contributed by atoms with E-state index in [1.54, 1.807) is 6.07 Å². The van der Waals surface area contributed by atoms with Gasteiger partial charge in [0.15, 0.2) is 23.4 Å². The molecular weight excluding hydrogens is 280 g/mol. The Balaban J connectivity index is 1.92. The van der Waals surface area contributed by atoms with Crippen molar-refractivity contribution in [1.82, 2.24) is 0 Å². The Morgan fingerprint density at radius 2 is 2.14 bits per heavy atom. The van der Waals surface area contributed by atoms with E-state index in [0.29, 0.717) is 18.6 Å². The first-order valence-electron chi connectivity index (χ1n) is 8.27. The minimum atomic E-state index is -0.880. The maximum Gasteiger partial charge on any atom is 0.174 e. The Kier molecular flexibility index (Phi) is 2.16. The van der Waals surface area contributed by atoms with Gasteiger partial charge in [0.2, 0.25) is 0 Å². The number of hydrogen-bond donors (Lipinski definition) is 2. The lowest BCUT2D eigenvalue weighted by molar-refractivity contribution is -0.190. The van der Waals surface area contributed by atoms with Crippen molar-refractivity contribution >= 4 is 5.78 Å². The van der Waals surface area contributed by atoms with E-state index in [0.717, 1.165) is 30.4 Å². The normalized spacial score (nSPS) is 44.5. The van der Waals surface area contributed by atoms with Crippen LogP contribution in [0.15, 0.2) is 12.1 Å². The molecule has 116 valence electrons. The van der Waals surface area contributed by atoms with Crippen LogP contribution >= 0.6 is 0 Å². The molecule has 1 aromatic rings. The van der Waals surface area contributed by atoms with Gasteiger partial charge in [0.25, 0.3) is 0 Å². The first-order chi connectivity index (χ1) is 10.5. The fraction of sp³-hybridized carbons (Fsp3) is 0.611. The molecule has 0 amide bonds. The van der Waals surface area contributed by atoms with Crippen LogP contribution in [0.25, 0.3) is 0 Å². The Hall–Kier alpha value is -1.55. The molecule has 2 bridgehead atoms. The average Bonchev–Trinajstić information content (AvgIpc) is 2.86. The predicted molar refractivity (Wildman–Crippen MR) is 79.0 cm³/mol. The lowest BCUT2D eigenvalue weighted by atomic mass is 9.42. The third-order valence-electron chi connectivity index (χ3n) is 6.91. The van der Waals surface area contributed by atoms with Crippen molar-refractivity contribution in [3.05, 3.63) is 23.3 Å². The van der Waals surface area contributed by atoms with Crippen LogP contribution in [0.3, 0.4) is 0 Å². The Morgan fingerprint density at radius 3 is 2.95 bits per heavy atom. The van der Waals surface area contributed by atoms with E-state index in [-0.39, 0.29) is 23.4 Å². The van der Waals surface area contributed by atoms with E-state index < -0.39 is 17.1 Å². The molecule has 5 rings (SSSR count). The summed E-state index contributed by atoms with van der Waals surface area (Å²) in [6.45, 7) is 2.13. The summed E-state index contributed by atoms with van der Waals surface area (Å²) in [7, 11) is 0. The van der Waals surface area contributed by atoms with Crippen LogP contribution in [-0.4, -0.2) is 27.7 Å². The molecule has 4 nitrogen and oxygen atoms in total. The zero-order valence-electron chi connectivity index (χ0n) is 12.6. The summed E-state index contributed by atoms with van der Waals surface area (Å²) in [5, 5.41) is 21.9. The van der Waals surface area contributed by atoms with Gasteiger partial charge in [-0.1, -0.05) is 13.0 Å². The van der Waals surface area contributed by atoms with Crippen LogP contribution in [0.1, 0.15) is 43.7 Å². The number of aliphatic hydroxyl groups is 1. The van der Waals surface area contributed by atoms with Gasteiger partial charge in [0.1, 0.15) is 0 Å². The number of aromatic hydroxyl groups is 1. The topological polar surface area (TPSA) is 66.8 Å². The number of ketones is 1. The fourth-order valence-electron chi connectivity index (χ4n) is 6.04. The van der Waals surface area contributed by atoms with E-state index in [4.69, 9.17) is 4.74 Å². The Labute approximate surface area is 129 Å². The van der Waals surface area contributed by atoms with E-state index in [2.05, 4.69) is 6.92 Å². The van der Waals surface area contributed by atoms with Crippen molar-refractivity contribution in [2.45, 2.75) is 56.1 Å². The maximum absolute atomic E-state index is 12.6. The molecule has 0 saturated heterocycles. The van der Waals surface area contributed by atoms with Gasteiger partial charge >= 0.3 is 0 Å². The molecule has 3 aliphatic carbocycles. The number of rotatable bonds is 0. The first kappa shape index (κ1) is 12.9. The third kappa shape index (κ3) is 1.10. The van der Waals surface area contributed by atoms with Gasteiger partial charge in [-0.05, 0) is 49.1 Å². The molecule has 1 aromatic carbocycles. The van der Waals surface area contributed by atoms with Crippen LogP contribution < -0.4 is 4.74 Å². The molecule has 1 spiro atoms. The molecule has 2 N–H and O–H groups in total. The standard InChI is InChI=1S/C18H20O4/c1-9-2-4-11-8-10-3-5-12(19)15-14(10)18(9)16(22-15)13(20)6-7-17(11,18)21/h3,5,9,11,16,19,21H,2,4,6-8H2,1H3/t9-,11+,16-,17+,18-/m0/s1. The highest BCUT2D eigenvalue weighted by atomic mass is 16.5. The van der Waals surface area contributed by atoms with Gasteiger partial charge in [-0.3, -0.25) is 4.79 Å². The summed E-state index contributed by atoms with van der Waals surface area (Å²) in [5.41, 5.74) is 0.532. The number of Topliss-reactive ketones (excluding diaryl/α,β-unsaturated/α-hetero) is 1. The zero-order valence-corrected chi connectivity index (χ0v) is 12.6. The summed E-state index contributed by atoms with van der Waals surface area (Å²) in [6.07, 6.45) is 3.07. The van der Waals surface area contributed by atoms with Gasteiger partial charge < -0.3 is 14.9 Å². The van der Waals surface area contributed by atoms with Crippen LogP contribution in [-0.2, 0) is 16.6 Å². The Morgan fingerprint density at radius 1 is 1.32 bits per heavy atom. The highest BCUT2D eigenvalue weighted by Gasteiger charge is 2.73. The molecule has 0 unspecified atom stereocenters. The van der Waals surface area contributed by atoms with Crippen molar-refractivity contribution in [3.8, 4) is 11.5 Å². The van der Waals surface area contributed by atoms with Gasteiger partial charge in [-0.2, -0.15) is 0 Å². The van der Waals surface area contributed by atoms with Crippen LogP contribution in [0.4, 0.5) is 0 Å². The average molecular weight is 300 g/mol. The summed E-state index contributed by atoms with van der Waals surface area (Å²) in [6, 6.07) is 3.61. The van der Waals surface area contributed by atoms with E-state index in [1.165, 1.54) is 0 Å². The fourth-order valence-corrected chi connectivity index (χ4v) is 6.04. The minimum absolute atomic E-state index is 0.0700. The lowest BCUT2D eigenvalue weighted by Crippen LogP contribution is -2.72. The van der Waals surface area contributed by atoms with Gasteiger partial charge in [-0.15, -0.1) is 0 Å². The molecule has 22 heavy (non-hydrogen) atoms. The number of ether oxygens (including phenoxy) is 1. The van der Waals surface area contributed by atoms with Gasteiger partial charge in [0.05, 0.1) is 11.0 Å². The molecular formula is C18H20O4. The molecule has 1 aliphatic heterocycles. The number of phenols is 1. The third-order valence-corrected chi connectivity index (χ3v) is 6.91. The van der Waals surface area contributed by atoms with Crippen molar-refractivity contribution in [3.63, 3.8) is 0 Å². The molecule has 2 fully saturated rings. The monoisotopic (exact) mass is 300 g/mol. The van der Waals surface area contributed by atoms with Crippen LogP contribution in [0, 0.1) is 11.8 Å². The van der Waals surface area contributed by atoms with Crippen LogP contribution in [0.2, 0.25) is 0 Å². The summed E-state index contributed by atoms with van der Waals surface area (Å²) < 4.78 is 6.00. The highest BCUT2D eigenvalue weighted by Crippen LogP contribution is 2.68. The van der Waals surface area contributed by atoms with E-state index in [9.17, 15) is 15.0 Å². The van der Waals surface area contributed by atoms with E-state index >= 15 is 0 Å². The molecule has 4 heteroatoms. The van der Waals surface area contributed by atoms with Gasteiger partial charge in [0, 0.05) is 12.0 Å². The smallest absolute Gasteiger partial charge is 0.174 e. The van der Waals surface area contributed by atoms with Gasteiger partial charge in [-0.25, -0.2) is 0 Å². The SMILES string of the molecule is C[C@H]1CC[C@@H]2Cc3ccc(O)c4c3[C@]13[C@@H](O4)C(=O)CC[C@@]23O. The summed E-state index contributed by atoms with van der Waals surface area (Å²) in [4.78, 5) is 12.6. The number of carbonyl (C=O) groups is 1. The molecule has 5 atom stereocenters. The zero-order chi connectivity index (χ0) is 15.3. The second kappa shape index (κ2) is 3.67. The quantitative estimate of drug-likeness (QED) is 0.770. The summed E-state index contributed by atoms with van der Waals surface area (Å²) in [5.74, 6) is 0.967. The van der Waals surface area contributed by atoms with E-state index in [1.807, 2.05) is 6.07 Å². The largest absolute Gasteiger partial charge is 0.504 e. The lowest BCUT2D eigenvalue weighted by Gasteiger charge is -2.62. The predicted octanol–water partition coefficient (Wildman–Crippen LogP) is 2.09. The maximum atomic E-state index is 12.6. The molecule has 4 aliphatic rings. The van der Waals surface area contributed by atoms with Crippen molar-refractivity contribution < 1.29 is 19.7 Å². The van der Waals surface area contributed by atoms with Crippen molar-refractivity contribution in [1.29, 1.82) is 0 Å². The number of phenolic OH excluding ortho intramolecular Hbond substituents is 1. The Bertz CT molecular complexity index is 711. The summed E-state index contributed by atoms with van der Waals surface area (Å²) >= 11 is 0. The number of benzene rings is 1. The number of hydrogen-bond acceptors (Lipinski definition) is 4. The second-order valence-electron chi connectivity index (χ2n) is 7.58.